The van der Waals surface area contributed by atoms with Gasteiger partial charge in [-0.3, -0.25) is 9.58 Å². The normalized spacial score (nSPS) is 19.0. The van der Waals surface area contributed by atoms with E-state index < -0.39 is 5.97 Å². The van der Waals surface area contributed by atoms with Gasteiger partial charge in [-0.05, 0) is 13.0 Å². The van der Waals surface area contributed by atoms with E-state index in [1.54, 1.807) is 0 Å². The Balaban J connectivity index is 1.78. The first-order chi connectivity index (χ1) is 11.1. The minimum atomic E-state index is -0.424. The number of carbonyl (C=O) groups excluding carboxylic acids is 1. The molecule has 0 aliphatic carbocycles. The van der Waals surface area contributed by atoms with Crippen LogP contribution in [0.4, 0.5) is 0 Å². The van der Waals surface area contributed by atoms with Crippen molar-refractivity contribution in [3.8, 4) is 0 Å². The number of aromatic nitrogens is 2. The number of methoxy groups -OCH3 is 1. The van der Waals surface area contributed by atoms with Crippen molar-refractivity contribution in [2.75, 3.05) is 25.2 Å². The van der Waals surface area contributed by atoms with Gasteiger partial charge in [0, 0.05) is 48.5 Å². The summed E-state index contributed by atoms with van der Waals surface area (Å²) in [6, 6.07) is 2.24. The first kappa shape index (κ1) is 16.1. The van der Waals surface area contributed by atoms with Gasteiger partial charge in [-0.15, -0.1) is 0 Å². The van der Waals surface area contributed by atoms with Crippen LogP contribution in [0.3, 0.4) is 0 Å². The molecular formula is C16H21N3O3S. The zero-order valence-electron chi connectivity index (χ0n) is 13.6. The highest BCUT2D eigenvalue weighted by Crippen LogP contribution is 2.31. The number of aryl methyl sites for hydroxylation is 2. The molecule has 6 nitrogen and oxygen atoms in total. The molecule has 3 rings (SSSR count). The van der Waals surface area contributed by atoms with Crippen molar-refractivity contribution in [1.29, 1.82) is 0 Å². The molecule has 124 valence electrons. The second kappa shape index (κ2) is 6.80. The summed E-state index contributed by atoms with van der Waals surface area (Å²) in [5, 5.41) is 4.28. The van der Waals surface area contributed by atoms with Gasteiger partial charge in [0.2, 0.25) is 5.76 Å². The van der Waals surface area contributed by atoms with E-state index in [1.807, 2.05) is 42.7 Å². The average Bonchev–Trinajstić information content (AvgIpc) is 3.13. The number of nitrogens with zero attached hydrogens (tertiary/aromatic N) is 3. The number of esters is 1. The fourth-order valence-electron chi connectivity index (χ4n) is 2.87. The average molecular weight is 335 g/mol. The first-order valence-corrected chi connectivity index (χ1v) is 8.72. The molecule has 0 N–H and O–H groups in total. The van der Waals surface area contributed by atoms with Crippen molar-refractivity contribution < 1.29 is 13.9 Å². The highest BCUT2D eigenvalue weighted by molar-refractivity contribution is 7.99. The standard InChI is InChI=1S/C16H21N3O3S/c1-11-6-13(22-15(11)16(20)21-3)9-19-4-5-23-10-14(19)12-7-17-18(2)8-12/h6-8,14H,4-5,9-10H2,1-3H3/t14-/m0/s1. The molecule has 0 aromatic carbocycles. The van der Waals surface area contributed by atoms with Gasteiger partial charge in [-0.1, -0.05) is 0 Å². The van der Waals surface area contributed by atoms with Gasteiger partial charge >= 0.3 is 5.97 Å². The zero-order chi connectivity index (χ0) is 16.4. The summed E-state index contributed by atoms with van der Waals surface area (Å²) in [7, 11) is 3.30. The highest BCUT2D eigenvalue weighted by atomic mass is 32.2. The quantitative estimate of drug-likeness (QED) is 0.800. The number of thioether (sulfide) groups is 1. The Hall–Kier alpha value is -1.73. The summed E-state index contributed by atoms with van der Waals surface area (Å²) in [5.74, 6) is 2.80. The second-order valence-corrected chi connectivity index (χ2v) is 6.87. The van der Waals surface area contributed by atoms with Crippen LogP contribution in [0.1, 0.15) is 33.5 Å². The number of hydrogen-bond acceptors (Lipinski definition) is 6. The lowest BCUT2D eigenvalue weighted by Gasteiger charge is -2.34. The lowest BCUT2D eigenvalue weighted by molar-refractivity contribution is 0.0559. The van der Waals surface area contributed by atoms with Crippen molar-refractivity contribution in [3.63, 3.8) is 0 Å². The smallest absolute Gasteiger partial charge is 0.374 e. The molecule has 1 fully saturated rings. The minimum Gasteiger partial charge on any atom is -0.463 e. The molecule has 0 unspecified atom stereocenters. The van der Waals surface area contributed by atoms with Crippen molar-refractivity contribution in [1.82, 2.24) is 14.7 Å². The van der Waals surface area contributed by atoms with E-state index in [4.69, 9.17) is 9.15 Å². The third-order valence-electron chi connectivity index (χ3n) is 4.05. The van der Waals surface area contributed by atoms with Crippen LogP contribution in [-0.2, 0) is 18.3 Å². The van der Waals surface area contributed by atoms with Crippen LogP contribution in [0.25, 0.3) is 0 Å². The number of furan rings is 1. The highest BCUT2D eigenvalue weighted by Gasteiger charge is 2.27. The summed E-state index contributed by atoms with van der Waals surface area (Å²) in [5.41, 5.74) is 2.03. The van der Waals surface area contributed by atoms with Crippen LogP contribution < -0.4 is 0 Å². The Morgan fingerprint density at radius 2 is 2.39 bits per heavy atom. The van der Waals surface area contributed by atoms with Gasteiger partial charge in [-0.25, -0.2) is 4.79 Å². The Kier molecular flexibility index (Phi) is 4.77. The topological polar surface area (TPSA) is 60.5 Å². The molecule has 1 aliphatic rings. The molecule has 3 heterocycles. The first-order valence-electron chi connectivity index (χ1n) is 7.56. The van der Waals surface area contributed by atoms with Crippen LogP contribution in [0.15, 0.2) is 22.9 Å². The summed E-state index contributed by atoms with van der Waals surface area (Å²) in [4.78, 5) is 14.1. The predicted molar refractivity (Wildman–Crippen MR) is 88.5 cm³/mol. The fourth-order valence-corrected chi connectivity index (χ4v) is 4.02. The van der Waals surface area contributed by atoms with Gasteiger partial charge in [-0.2, -0.15) is 16.9 Å². The molecule has 2 aromatic heterocycles. The molecule has 0 saturated carbocycles. The lowest BCUT2D eigenvalue weighted by Crippen LogP contribution is -2.35. The number of hydrogen-bond donors (Lipinski definition) is 0. The van der Waals surface area contributed by atoms with Gasteiger partial charge in [0.1, 0.15) is 5.76 Å². The van der Waals surface area contributed by atoms with E-state index in [-0.39, 0.29) is 0 Å². The van der Waals surface area contributed by atoms with Gasteiger partial charge < -0.3 is 9.15 Å². The molecule has 23 heavy (non-hydrogen) atoms. The van der Waals surface area contributed by atoms with Crippen LogP contribution >= 0.6 is 11.8 Å². The molecule has 7 heteroatoms. The number of rotatable bonds is 4. The Morgan fingerprint density at radius 3 is 3.09 bits per heavy atom. The number of ether oxygens (including phenoxy) is 1. The van der Waals surface area contributed by atoms with E-state index in [0.29, 0.717) is 18.3 Å². The van der Waals surface area contributed by atoms with E-state index in [0.717, 1.165) is 29.4 Å². The predicted octanol–water partition coefficient (Wildman–Crippen LogP) is 2.40. The maximum absolute atomic E-state index is 11.7. The molecule has 2 aromatic rings. The van der Waals surface area contributed by atoms with Crippen LogP contribution in [-0.4, -0.2) is 45.8 Å². The SMILES string of the molecule is COC(=O)c1oc(CN2CCSC[C@H]2c2cnn(C)c2)cc1C. The van der Waals surface area contributed by atoms with Crippen molar-refractivity contribution in [2.45, 2.75) is 19.5 Å². The zero-order valence-corrected chi connectivity index (χ0v) is 14.4. The number of carbonyl (C=O) groups is 1. The summed E-state index contributed by atoms with van der Waals surface area (Å²) >= 11 is 1.95. The minimum absolute atomic E-state index is 0.298. The van der Waals surface area contributed by atoms with E-state index >= 15 is 0 Å². The largest absolute Gasteiger partial charge is 0.463 e. The molecule has 0 spiro atoms. The maximum atomic E-state index is 11.7. The Bertz CT molecular complexity index is 695. The second-order valence-electron chi connectivity index (χ2n) is 5.72. The third kappa shape index (κ3) is 3.45. The molecule has 1 aliphatic heterocycles. The van der Waals surface area contributed by atoms with Gasteiger partial charge in [0.15, 0.2) is 0 Å². The van der Waals surface area contributed by atoms with Crippen molar-refractivity contribution in [2.24, 2.45) is 7.05 Å². The summed E-state index contributed by atoms with van der Waals surface area (Å²) < 4.78 is 12.3. The van der Waals surface area contributed by atoms with Crippen molar-refractivity contribution >= 4 is 17.7 Å². The Morgan fingerprint density at radius 1 is 1.57 bits per heavy atom. The Labute approximate surface area is 139 Å². The molecular weight excluding hydrogens is 314 g/mol. The molecule has 0 radical (unpaired) electrons. The van der Waals surface area contributed by atoms with Crippen molar-refractivity contribution in [3.05, 3.63) is 41.1 Å². The van der Waals surface area contributed by atoms with Crippen LogP contribution in [0.5, 0.6) is 0 Å². The molecule has 0 amide bonds. The van der Waals surface area contributed by atoms with E-state index in [9.17, 15) is 4.79 Å². The summed E-state index contributed by atoms with van der Waals surface area (Å²) in [6.45, 7) is 3.53. The molecule has 1 saturated heterocycles. The van der Waals surface area contributed by atoms with E-state index in [2.05, 4.69) is 16.2 Å². The summed E-state index contributed by atoms with van der Waals surface area (Å²) in [6.07, 6.45) is 3.99. The van der Waals surface area contributed by atoms with E-state index in [1.165, 1.54) is 12.7 Å². The lowest BCUT2D eigenvalue weighted by atomic mass is 10.1. The van der Waals surface area contributed by atoms with Gasteiger partial charge in [0.05, 0.1) is 19.9 Å². The maximum Gasteiger partial charge on any atom is 0.374 e. The van der Waals surface area contributed by atoms with Crippen LogP contribution in [0.2, 0.25) is 0 Å². The third-order valence-corrected chi connectivity index (χ3v) is 5.07. The monoisotopic (exact) mass is 335 g/mol. The van der Waals surface area contributed by atoms with Crippen LogP contribution in [0, 0.1) is 6.92 Å². The molecule has 1 atom stereocenters. The van der Waals surface area contributed by atoms with Gasteiger partial charge in [0.25, 0.3) is 0 Å². The fraction of sp³-hybridized carbons (Fsp3) is 0.500. The molecule has 0 bridgehead atoms.